The van der Waals surface area contributed by atoms with E-state index in [9.17, 15) is 4.79 Å². The van der Waals surface area contributed by atoms with Crippen molar-refractivity contribution in [3.8, 4) is 0 Å². The van der Waals surface area contributed by atoms with E-state index in [1.807, 2.05) is 13.8 Å². The van der Waals surface area contributed by atoms with Crippen molar-refractivity contribution < 1.29 is 9.53 Å². The Balaban J connectivity index is 2.66. The van der Waals surface area contributed by atoms with E-state index in [2.05, 4.69) is 10.1 Å². The second kappa shape index (κ2) is 3.31. The topological polar surface area (TPSA) is 41.6 Å². The average Bonchev–Trinajstić information content (AvgIpc) is 2.02. The first-order chi connectivity index (χ1) is 5.58. The van der Waals surface area contributed by atoms with Crippen molar-refractivity contribution in [3.63, 3.8) is 0 Å². The molecular weight excluding hydrogens is 156 g/mol. The molecule has 0 atom stereocenters. The maximum absolute atomic E-state index is 11.3. The SMILES string of the molecule is COC(=O)N1CCNCC1(C)C. The van der Waals surface area contributed by atoms with Gasteiger partial charge in [-0.15, -0.1) is 0 Å². The van der Waals surface area contributed by atoms with E-state index < -0.39 is 0 Å². The molecule has 1 aliphatic heterocycles. The van der Waals surface area contributed by atoms with Crippen LogP contribution in [0.25, 0.3) is 0 Å². The smallest absolute Gasteiger partial charge is 0.410 e. The minimum atomic E-state index is -0.235. The Hall–Kier alpha value is -0.770. The van der Waals surface area contributed by atoms with Gasteiger partial charge in [0.2, 0.25) is 0 Å². The zero-order chi connectivity index (χ0) is 9.19. The summed E-state index contributed by atoms with van der Waals surface area (Å²) >= 11 is 0. The summed E-state index contributed by atoms with van der Waals surface area (Å²) in [6.45, 7) is 6.44. The number of amides is 1. The van der Waals surface area contributed by atoms with E-state index in [-0.39, 0.29) is 11.6 Å². The molecule has 0 saturated carbocycles. The summed E-state index contributed by atoms with van der Waals surface area (Å²) in [6.07, 6.45) is -0.235. The van der Waals surface area contributed by atoms with Crippen LogP contribution in [0.15, 0.2) is 0 Å². The summed E-state index contributed by atoms with van der Waals surface area (Å²) < 4.78 is 4.68. The van der Waals surface area contributed by atoms with Crippen LogP contribution in [0.2, 0.25) is 0 Å². The summed E-state index contributed by atoms with van der Waals surface area (Å²) in [4.78, 5) is 13.0. The van der Waals surface area contributed by atoms with Gasteiger partial charge in [-0.05, 0) is 13.8 Å². The van der Waals surface area contributed by atoms with Gasteiger partial charge in [0, 0.05) is 19.6 Å². The van der Waals surface area contributed by atoms with E-state index in [1.165, 1.54) is 7.11 Å². The number of ether oxygens (including phenoxy) is 1. The van der Waals surface area contributed by atoms with Crippen LogP contribution in [-0.2, 0) is 4.74 Å². The van der Waals surface area contributed by atoms with E-state index in [0.29, 0.717) is 0 Å². The first kappa shape index (κ1) is 9.32. The lowest BCUT2D eigenvalue weighted by Crippen LogP contribution is -2.59. The summed E-state index contributed by atoms with van der Waals surface area (Å²) in [5.41, 5.74) is -0.134. The molecule has 4 nitrogen and oxygen atoms in total. The van der Waals surface area contributed by atoms with Crippen LogP contribution in [0.3, 0.4) is 0 Å². The number of hydrogen-bond acceptors (Lipinski definition) is 3. The maximum Gasteiger partial charge on any atom is 0.410 e. The number of rotatable bonds is 0. The summed E-state index contributed by atoms with van der Waals surface area (Å²) in [5, 5.41) is 3.23. The number of nitrogens with one attached hydrogen (secondary N) is 1. The van der Waals surface area contributed by atoms with Crippen molar-refractivity contribution in [1.29, 1.82) is 0 Å². The highest BCUT2D eigenvalue weighted by atomic mass is 16.5. The van der Waals surface area contributed by atoms with E-state index in [1.54, 1.807) is 4.90 Å². The molecule has 1 fully saturated rings. The fraction of sp³-hybridized carbons (Fsp3) is 0.875. The van der Waals surface area contributed by atoms with Crippen molar-refractivity contribution >= 4 is 6.09 Å². The molecule has 0 aromatic heterocycles. The minimum Gasteiger partial charge on any atom is -0.453 e. The normalized spacial score (nSPS) is 22.1. The highest BCUT2D eigenvalue weighted by Crippen LogP contribution is 2.16. The fourth-order valence-electron chi connectivity index (χ4n) is 1.43. The first-order valence-electron chi connectivity index (χ1n) is 4.14. The maximum atomic E-state index is 11.3. The van der Waals surface area contributed by atoms with E-state index >= 15 is 0 Å². The molecule has 0 spiro atoms. The second-order valence-electron chi connectivity index (χ2n) is 3.61. The van der Waals surface area contributed by atoms with Crippen LogP contribution in [-0.4, -0.2) is 43.3 Å². The Morgan fingerprint density at radius 3 is 2.75 bits per heavy atom. The van der Waals surface area contributed by atoms with Crippen LogP contribution in [0.1, 0.15) is 13.8 Å². The third-order valence-electron chi connectivity index (χ3n) is 2.20. The van der Waals surface area contributed by atoms with E-state index in [0.717, 1.165) is 19.6 Å². The molecule has 1 rings (SSSR count). The number of carbonyl (C=O) groups excluding carboxylic acids is 1. The van der Waals surface area contributed by atoms with Crippen LogP contribution < -0.4 is 5.32 Å². The standard InChI is InChI=1S/C8H16N2O2/c1-8(2)6-9-4-5-10(8)7(11)12-3/h9H,4-6H2,1-3H3. The van der Waals surface area contributed by atoms with Crippen LogP contribution in [0, 0.1) is 0 Å². The molecule has 1 N–H and O–H groups in total. The molecule has 0 bridgehead atoms. The minimum absolute atomic E-state index is 0.134. The van der Waals surface area contributed by atoms with Gasteiger partial charge in [-0.1, -0.05) is 0 Å². The number of methoxy groups -OCH3 is 1. The van der Waals surface area contributed by atoms with Gasteiger partial charge in [-0.3, -0.25) is 0 Å². The lowest BCUT2D eigenvalue weighted by atomic mass is 10.0. The number of nitrogens with zero attached hydrogens (tertiary/aromatic N) is 1. The highest BCUT2D eigenvalue weighted by Gasteiger charge is 2.33. The molecular formula is C8H16N2O2. The number of hydrogen-bond donors (Lipinski definition) is 1. The largest absolute Gasteiger partial charge is 0.453 e. The molecule has 0 aromatic carbocycles. The van der Waals surface area contributed by atoms with Crippen LogP contribution >= 0.6 is 0 Å². The predicted molar refractivity (Wildman–Crippen MR) is 46.1 cm³/mol. The molecule has 0 aromatic rings. The molecule has 0 aliphatic carbocycles. The molecule has 1 heterocycles. The second-order valence-corrected chi connectivity index (χ2v) is 3.61. The predicted octanol–water partition coefficient (Wildman–Crippen LogP) is 0.437. The third kappa shape index (κ3) is 1.69. The van der Waals surface area contributed by atoms with Crippen molar-refractivity contribution in [1.82, 2.24) is 10.2 Å². The lowest BCUT2D eigenvalue weighted by molar-refractivity contribution is 0.0631. The quantitative estimate of drug-likeness (QED) is 0.576. The van der Waals surface area contributed by atoms with Crippen molar-refractivity contribution in [2.45, 2.75) is 19.4 Å². The summed E-state index contributed by atoms with van der Waals surface area (Å²) in [6, 6.07) is 0. The van der Waals surface area contributed by atoms with Gasteiger partial charge in [0.05, 0.1) is 12.6 Å². The molecule has 1 amide bonds. The molecule has 0 unspecified atom stereocenters. The zero-order valence-electron chi connectivity index (χ0n) is 7.89. The Kier molecular flexibility index (Phi) is 2.57. The third-order valence-corrected chi connectivity index (χ3v) is 2.20. The van der Waals surface area contributed by atoms with Gasteiger partial charge < -0.3 is 15.0 Å². The Labute approximate surface area is 72.9 Å². The Bertz CT molecular complexity index is 180. The van der Waals surface area contributed by atoms with Gasteiger partial charge in [-0.2, -0.15) is 0 Å². The highest BCUT2D eigenvalue weighted by molar-refractivity contribution is 5.68. The van der Waals surface area contributed by atoms with Crippen LogP contribution in [0.4, 0.5) is 4.79 Å². The lowest BCUT2D eigenvalue weighted by Gasteiger charge is -2.41. The van der Waals surface area contributed by atoms with E-state index in [4.69, 9.17) is 0 Å². The molecule has 4 heteroatoms. The fourth-order valence-corrected chi connectivity index (χ4v) is 1.43. The molecule has 12 heavy (non-hydrogen) atoms. The van der Waals surface area contributed by atoms with Gasteiger partial charge in [-0.25, -0.2) is 4.79 Å². The van der Waals surface area contributed by atoms with Crippen molar-refractivity contribution in [3.05, 3.63) is 0 Å². The number of carbonyl (C=O) groups is 1. The average molecular weight is 172 g/mol. The van der Waals surface area contributed by atoms with Gasteiger partial charge in [0.1, 0.15) is 0 Å². The Morgan fingerprint density at radius 1 is 1.58 bits per heavy atom. The zero-order valence-corrected chi connectivity index (χ0v) is 7.89. The number of piperazine rings is 1. The van der Waals surface area contributed by atoms with Gasteiger partial charge >= 0.3 is 6.09 Å². The summed E-state index contributed by atoms with van der Waals surface area (Å²) in [5.74, 6) is 0. The van der Waals surface area contributed by atoms with Gasteiger partial charge in [0.25, 0.3) is 0 Å². The molecule has 1 saturated heterocycles. The van der Waals surface area contributed by atoms with Gasteiger partial charge in [0.15, 0.2) is 0 Å². The Morgan fingerprint density at radius 2 is 2.25 bits per heavy atom. The molecule has 1 aliphatic rings. The summed E-state index contributed by atoms with van der Waals surface area (Å²) in [7, 11) is 1.42. The molecule has 70 valence electrons. The van der Waals surface area contributed by atoms with Crippen molar-refractivity contribution in [2.24, 2.45) is 0 Å². The first-order valence-corrected chi connectivity index (χ1v) is 4.14. The van der Waals surface area contributed by atoms with Crippen LogP contribution in [0.5, 0.6) is 0 Å². The monoisotopic (exact) mass is 172 g/mol. The molecule has 0 radical (unpaired) electrons. The van der Waals surface area contributed by atoms with Crippen molar-refractivity contribution in [2.75, 3.05) is 26.7 Å².